The van der Waals surface area contributed by atoms with Crippen LogP contribution in [0, 0.1) is 6.92 Å². The number of halogens is 1. The quantitative estimate of drug-likeness (QED) is 0.185. The van der Waals surface area contributed by atoms with Crippen LogP contribution in [0.15, 0.2) is 114 Å². The Hall–Kier alpha value is -4.14. The van der Waals surface area contributed by atoms with Crippen molar-refractivity contribution < 1.29 is 18.0 Å². The highest BCUT2D eigenvalue weighted by atomic mass is 35.5. The second kappa shape index (κ2) is 15.0. The molecule has 1 N–H and O–H groups in total. The number of hydrogen-bond acceptors (Lipinski definition) is 4. The Morgan fingerprint density at radius 3 is 2.07 bits per heavy atom. The van der Waals surface area contributed by atoms with Gasteiger partial charge in [-0.05, 0) is 61.2 Å². The molecule has 230 valence electrons. The SMILES string of the molecule is CC[C@@H](C)NC(=O)[C@H](Cc1ccccc1)N(Cc1ccccc1C)C(=O)CN(c1ccccc1Cl)S(=O)(=O)c1ccccc1. The number of para-hydroxylation sites is 1. The summed E-state index contributed by atoms with van der Waals surface area (Å²) in [5.41, 5.74) is 2.85. The van der Waals surface area contributed by atoms with Gasteiger partial charge in [0.1, 0.15) is 12.6 Å². The van der Waals surface area contributed by atoms with Crippen LogP contribution in [0.4, 0.5) is 5.69 Å². The van der Waals surface area contributed by atoms with E-state index in [1.807, 2.05) is 75.4 Å². The maximum absolute atomic E-state index is 14.5. The molecule has 0 saturated heterocycles. The lowest BCUT2D eigenvalue weighted by molar-refractivity contribution is -0.140. The molecule has 4 rings (SSSR count). The number of sulfonamides is 1. The summed E-state index contributed by atoms with van der Waals surface area (Å²) in [5, 5.41) is 3.23. The van der Waals surface area contributed by atoms with E-state index in [4.69, 9.17) is 11.6 Å². The number of rotatable bonds is 13. The van der Waals surface area contributed by atoms with Crippen LogP contribution in [-0.2, 0) is 32.6 Å². The van der Waals surface area contributed by atoms with E-state index in [9.17, 15) is 18.0 Å². The molecule has 0 aliphatic heterocycles. The number of benzene rings is 4. The fourth-order valence-corrected chi connectivity index (χ4v) is 6.60. The molecule has 2 atom stereocenters. The van der Waals surface area contributed by atoms with Crippen molar-refractivity contribution in [1.82, 2.24) is 10.2 Å². The summed E-state index contributed by atoms with van der Waals surface area (Å²) in [6.07, 6.45) is 0.962. The van der Waals surface area contributed by atoms with Gasteiger partial charge in [-0.15, -0.1) is 0 Å². The number of anilines is 1. The van der Waals surface area contributed by atoms with E-state index in [1.165, 1.54) is 17.0 Å². The average molecular weight is 632 g/mol. The Bertz CT molecular complexity index is 1670. The van der Waals surface area contributed by atoms with Gasteiger partial charge in [0.15, 0.2) is 0 Å². The Balaban J connectivity index is 1.82. The molecule has 2 amide bonds. The van der Waals surface area contributed by atoms with Gasteiger partial charge in [0.2, 0.25) is 11.8 Å². The first kappa shape index (κ1) is 32.8. The maximum Gasteiger partial charge on any atom is 0.264 e. The number of nitrogens with one attached hydrogen (secondary N) is 1. The van der Waals surface area contributed by atoms with Crippen LogP contribution >= 0.6 is 11.6 Å². The molecule has 0 fully saturated rings. The van der Waals surface area contributed by atoms with E-state index < -0.39 is 28.5 Å². The van der Waals surface area contributed by atoms with Gasteiger partial charge in [-0.3, -0.25) is 13.9 Å². The smallest absolute Gasteiger partial charge is 0.264 e. The molecule has 0 unspecified atom stereocenters. The van der Waals surface area contributed by atoms with Crippen LogP contribution < -0.4 is 9.62 Å². The number of nitrogens with zero attached hydrogens (tertiary/aromatic N) is 2. The van der Waals surface area contributed by atoms with Gasteiger partial charge in [0, 0.05) is 19.0 Å². The van der Waals surface area contributed by atoms with E-state index in [0.717, 1.165) is 21.0 Å². The van der Waals surface area contributed by atoms with Crippen LogP contribution in [0.2, 0.25) is 5.02 Å². The number of carbonyl (C=O) groups is 2. The lowest BCUT2D eigenvalue weighted by Crippen LogP contribution is -2.54. The van der Waals surface area contributed by atoms with Crippen LogP contribution in [0.25, 0.3) is 0 Å². The minimum absolute atomic E-state index is 0.0218. The van der Waals surface area contributed by atoms with Crippen LogP contribution in [0.5, 0.6) is 0 Å². The summed E-state index contributed by atoms with van der Waals surface area (Å²) in [6, 6.07) is 30.5. The average Bonchev–Trinajstić information content (AvgIpc) is 3.03. The zero-order chi connectivity index (χ0) is 31.7. The zero-order valence-electron chi connectivity index (χ0n) is 25.2. The summed E-state index contributed by atoms with van der Waals surface area (Å²) in [4.78, 5) is 29.9. The van der Waals surface area contributed by atoms with Gasteiger partial charge in [0.25, 0.3) is 10.0 Å². The lowest BCUT2D eigenvalue weighted by atomic mass is 10.0. The fourth-order valence-electron chi connectivity index (χ4n) is 4.85. The highest BCUT2D eigenvalue weighted by molar-refractivity contribution is 7.92. The first-order valence-electron chi connectivity index (χ1n) is 14.6. The highest BCUT2D eigenvalue weighted by Crippen LogP contribution is 2.31. The Morgan fingerprint density at radius 2 is 1.43 bits per heavy atom. The van der Waals surface area contributed by atoms with E-state index in [2.05, 4.69) is 5.32 Å². The van der Waals surface area contributed by atoms with Crippen molar-refractivity contribution in [1.29, 1.82) is 0 Å². The number of aryl methyl sites for hydroxylation is 1. The predicted molar refractivity (Wildman–Crippen MR) is 176 cm³/mol. The zero-order valence-corrected chi connectivity index (χ0v) is 26.8. The van der Waals surface area contributed by atoms with E-state index in [0.29, 0.717) is 6.42 Å². The van der Waals surface area contributed by atoms with Crippen LogP contribution in [-0.4, -0.2) is 43.8 Å². The molecule has 44 heavy (non-hydrogen) atoms. The van der Waals surface area contributed by atoms with Gasteiger partial charge >= 0.3 is 0 Å². The van der Waals surface area contributed by atoms with Crippen molar-refractivity contribution in [2.75, 3.05) is 10.8 Å². The van der Waals surface area contributed by atoms with Gasteiger partial charge < -0.3 is 10.2 Å². The first-order valence-corrected chi connectivity index (χ1v) is 16.4. The molecule has 0 heterocycles. The molecule has 0 aromatic heterocycles. The third-order valence-electron chi connectivity index (χ3n) is 7.61. The van der Waals surface area contributed by atoms with Crippen LogP contribution in [0.3, 0.4) is 0 Å². The van der Waals surface area contributed by atoms with Crippen molar-refractivity contribution >= 4 is 39.1 Å². The molecule has 0 bridgehead atoms. The van der Waals surface area contributed by atoms with E-state index in [1.54, 1.807) is 42.5 Å². The number of carbonyl (C=O) groups excluding carboxylic acids is 2. The highest BCUT2D eigenvalue weighted by Gasteiger charge is 2.35. The number of hydrogen-bond donors (Lipinski definition) is 1. The summed E-state index contributed by atoms with van der Waals surface area (Å²) in [6.45, 7) is 5.38. The predicted octanol–water partition coefficient (Wildman–Crippen LogP) is 6.40. The second-order valence-electron chi connectivity index (χ2n) is 10.7. The van der Waals surface area contributed by atoms with Crippen molar-refractivity contribution in [3.05, 3.63) is 131 Å². The summed E-state index contributed by atoms with van der Waals surface area (Å²) in [5.74, 6) is -0.840. The molecule has 9 heteroatoms. The third-order valence-corrected chi connectivity index (χ3v) is 9.70. The van der Waals surface area contributed by atoms with Crippen molar-refractivity contribution in [2.24, 2.45) is 0 Å². The maximum atomic E-state index is 14.5. The van der Waals surface area contributed by atoms with Gasteiger partial charge in [0.05, 0.1) is 15.6 Å². The van der Waals surface area contributed by atoms with Gasteiger partial charge in [-0.1, -0.05) is 103 Å². The summed E-state index contributed by atoms with van der Waals surface area (Å²) >= 11 is 6.52. The largest absolute Gasteiger partial charge is 0.352 e. The normalized spacial score (nSPS) is 12.6. The summed E-state index contributed by atoms with van der Waals surface area (Å²) in [7, 11) is -4.21. The minimum atomic E-state index is -4.21. The molecule has 0 saturated carbocycles. The molecular weight excluding hydrogens is 594 g/mol. The minimum Gasteiger partial charge on any atom is -0.352 e. The topological polar surface area (TPSA) is 86.8 Å². The Kier molecular flexibility index (Phi) is 11.2. The monoisotopic (exact) mass is 631 g/mol. The van der Waals surface area contributed by atoms with Gasteiger partial charge in [-0.25, -0.2) is 8.42 Å². The molecule has 4 aromatic carbocycles. The first-order chi connectivity index (χ1) is 21.1. The molecule has 7 nitrogen and oxygen atoms in total. The lowest BCUT2D eigenvalue weighted by Gasteiger charge is -2.34. The molecule has 0 aliphatic carbocycles. The standard InChI is InChI=1S/C35H38ClN3O4S/c1-4-27(3)37-35(41)33(23-28-16-7-5-8-17-28)38(24-29-18-12-11-15-26(29)2)34(40)25-39(32-22-14-13-21-31(32)36)44(42,43)30-19-9-6-10-20-30/h5-22,27,33H,4,23-25H2,1-3H3,(H,37,41)/t27-,33+/m1/s1. The van der Waals surface area contributed by atoms with Gasteiger partial charge in [-0.2, -0.15) is 0 Å². The van der Waals surface area contributed by atoms with Crippen molar-refractivity contribution in [2.45, 2.75) is 57.1 Å². The van der Waals surface area contributed by atoms with Crippen molar-refractivity contribution in [3.8, 4) is 0 Å². The molecular formula is C35H38ClN3O4S. The second-order valence-corrected chi connectivity index (χ2v) is 13.0. The Labute approximate surface area is 265 Å². The molecule has 0 radical (unpaired) electrons. The fraction of sp³-hybridized carbons (Fsp3) is 0.257. The number of amides is 2. The Morgan fingerprint density at radius 1 is 0.841 bits per heavy atom. The third kappa shape index (κ3) is 8.07. The summed E-state index contributed by atoms with van der Waals surface area (Å²) < 4.78 is 29.1. The van der Waals surface area contributed by atoms with Crippen molar-refractivity contribution in [3.63, 3.8) is 0 Å². The molecule has 4 aromatic rings. The molecule has 0 aliphatic rings. The van der Waals surface area contributed by atoms with E-state index in [-0.39, 0.29) is 40.5 Å². The molecule has 0 spiro atoms. The van der Waals surface area contributed by atoms with Crippen LogP contribution in [0.1, 0.15) is 37.0 Å². The van der Waals surface area contributed by atoms with E-state index >= 15 is 0 Å².